The third-order valence-electron chi connectivity index (χ3n) is 5.17. The van der Waals surface area contributed by atoms with Crippen molar-refractivity contribution >= 4 is 28.5 Å². The van der Waals surface area contributed by atoms with Crippen LogP contribution < -0.4 is 4.74 Å². The van der Waals surface area contributed by atoms with Gasteiger partial charge in [0.2, 0.25) is 5.88 Å². The summed E-state index contributed by atoms with van der Waals surface area (Å²) >= 11 is 3.40. The van der Waals surface area contributed by atoms with Crippen molar-refractivity contribution < 1.29 is 18.6 Å². The second kappa shape index (κ2) is 8.76. The van der Waals surface area contributed by atoms with Crippen molar-refractivity contribution in [1.82, 2.24) is 4.98 Å². The highest BCUT2D eigenvalue weighted by Crippen LogP contribution is 2.44. The number of ether oxygens (including phenoxy) is 3. The van der Waals surface area contributed by atoms with E-state index in [4.69, 9.17) is 14.2 Å². The molecule has 1 saturated heterocycles. The minimum atomic E-state index is -1.73. The lowest BCUT2D eigenvalue weighted by atomic mass is 9.91. The van der Waals surface area contributed by atoms with Crippen LogP contribution in [0, 0.1) is 0 Å². The van der Waals surface area contributed by atoms with E-state index in [1.54, 1.807) is 24.7 Å². The zero-order valence-corrected chi connectivity index (χ0v) is 19.3. The molecular formula is C23H25BrFN3O3. The molecule has 2 aliphatic rings. The molecule has 0 saturated carbocycles. The van der Waals surface area contributed by atoms with Crippen molar-refractivity contribution in [3.05, 3.63) is 52.1 Å². The number of hydrogen-bond acceptors (Lipinski definition) is 6. The Bertz CT molecular complexity index is 979. The van der Waals surface area contributed by atoms with Crippen molar-refractivity contribution in [2.75, 3.05) is 6.61 Å². The molecule has 0 aliphatic carbocycles. The van der Waals surface area contributed by atoms with Crippen molar-refractivity contribution in [3.8, 4) is 11.6 Å². The number of hydrogen-bond donors (Lipinski definition) is 0. The maximum atomic E-state index is 15.3. The summed E-state index contributed by atoms with van der Waals surface area (Å²) in [5, 5.41) is 0. The predicted molar refractivity (Wildman–Crippen MR) is 121 cm³/mol. The zero-order chi connectivity index (χ0) is 22.1. The Labute approximate surface area is 189 Å². The Morgan fingerprint density at radius 1 is 1.23 bits per heavy atom. The molecule has 6 nitrogen and oxygen atoms in total. The molecule has 2 aromatic rings. The van der Waals surface area contributed by atoms with Gasteiger partial charge in [0.1, 0.15) is 17.8 Å². The average molecular weight is 490 g/mol. The summed E-state index contributed by atoms with van der Waals surface area (Å²) in [6, 6.07) is 10.9. The lowest BCUT2D eigenvalue weighted by Crippen LogP contribution is -2.33. The molecule has 8 heteroatoms. The molecule has 1 aromatic carbocycles. The van der Waals surface area contributed by atoms with Crippen LogP contribution in [0.2, 0.25) is 0 Å². The molecule has 164 valence electrons. The molecule has 0 N–H and O–H groups in total. The van der Waals surface area contributed by atoms with Gasteiger partial charge in [0.05, 0.1) is 24.4 Å². The molecule has 0 amide bonds. The average Bonchev–Trinajstić information content (AvgIpc) is 3.38. The first-order valence-electron chi connectivity index (χ1n) is 10.3. The summed E-state index contributed by atoms with van der Waals surface area (Å²) in [5.74, 6) is -0.172. The fourth-order valence-electron chi connectivity index (χ4n) is 3.72. The van der Waals surface area contributed by atoms with E-state index in [9.17, 15) is 0 Å². The van der Waals surface area contributed by atoms with E-state index in [1.165, 1.54) is 13.8 Å². The van der Waals surface area contributed by atoms with E-state index in [2.05, 4.69) is 30.9 Å². The first-order valence-corrected chi connectivity index (χ1v) is 11.1. The maximum Gasteiger partial charge on any atom is 0.219 e. The van der Waals surface area contributed by atoms with Crippen molar-refractivity contribution in [2.24, 2.45) is 9.98 Å². The van der Waals surface area contributed by atoms with Gasteiger partial charge in [-0.2, -0.15) is 0 Å². The zero-order valence-electron chi connectivity index (χ0n) is 17.7. The molecule has 4 rings (SSSR count). The van der Waals surface area contributed by atoms with Gasteiger partial charge in [-0.05, 0) is 57.5 Å². The van der Waals surface area contributed by atoms with Crippen LogP contribution in [-0.2, 0) is 20.9 Å². The fraction of sp³-hybridized carbons (Fsp3) is 0.435. The van der Waals surface area contributed by atoms with Gasteiger partial charge < -0.3 is 14.2 Å². The molecular weight excluding hydrogens is 465 g/mol. The van der Waals surface area contributed by atoms with Gasteiger partial charge in [0, 0.05) is 28.7 Å². The molecule has 3 unspecified atom stereocenters. The SMILES string of the molecule is CC1COC(CCC2C=NC=N2)(c2ccc(Oc3ccc(Br)cc3)nc2C(C)(C)F)O1. The number of aromatic nitrogens is 1. The Kier molecular flexibility index (Phi) is 6.23. The molecule has 2 aliphatic heterocycles. The van der Waals surface area contributed by atoms with Crippen molar-refractivity contribution in [2.45, 2.75) is 57.2 Å². The van der Waals surface area contributed by atoms with Crippen LogP contribution in [0.4, 0.5) is 4.39 Å². The topological polar surface area (TPSA) is 65.3 Å². The Morgan fingerprint density at radius 3 is 2.61 bits per heavy atom. The molecule has 1 fully saturated rings. The molecule has 0 bridgehead atoms. The van der Waals surface area contributed by atoms with Crippen LogP contribution in [0.25, 0.3) is 0 Å². The summed E-state index contributed by atoms with van der Waals surface area (Å²) in [6.07, 6.45) is 4.39. The largest absolute Gasteiger partial charge is 0.439 e. The third kappa shape index (κ3) is 5.02. The number of alkyl halides is 1. The van der Waals surface area contributed by atoms with Crippen LogP contribution in [0.3, 0.4) is 0 Å². The monoisotopic (exact) mass is 489 g/mol. The summed E-state index contributed by atoms with van der Waals surface area (Å²) in [6.45, 7) is 5.31. The Balaban J connectivity index is 1.67. The van der Waals surface area contributed by atoms with Gasteiger partial charge in [-0.15, -0.1) is 0 Å². The standard InChI is InChI=1S/C23H25BrFN3O3/c1-15-13-29-23(31-15,11-10-17-12-26-14-27-17)19-8-9-20(28-21(19)22(2,3)25)30-18-6-4-16(24)5-7-18/h4-9,12,14-15,17H,10-11,13H2,1-3H3. The minimum Gasteiger partial charge on any atom is -0.439 e. The van der Waals surface area contributed by atoms with E-state index in [0.717, 1.165) is 4.47 Å². The lowest BCUT2D eigenvalue weighted by molar-refractivity contribution is -0.182. The quantitative estimate of drug-likeness (QED) is 0.500. The Morgan fingerprint density at radius 2 is 2.00 bits per heavy atom. The van der Waals surface area contributed by atoms with Crippen LogP contribution in [0.15, 0.2) is 50.9 Å². The van der Waals surface area contributed by atoms with Crippen LogP contribution in [0.5, 0.6) is 11.6 Å². The van der Waals surface area contributed by atoms with Crippen molar-refractivity contribution in [3.63, 3.8) is 0 Å². The molecule has 0 spiro atoms. The third-order valence-corrected chi connectivity index (χ3v) is 5.70. The minimum absolute atomic E-state index is 0.0326. The predicted octanol–water partition coefficient (Wildman–Crippen LogP) is 5.69. The number of aliphatic imine (C=N–C) groups is 2. The van der Waals surface area contributed by atoms with Gasteiger partial charge in [-0.25, -0.2) is 14.4 Å². The highest BCUT2D eigenvalue weighted by molar-refractivity contribution is 9.10. The maximum absolute atomic E-state index is 15.3. The fourth-order valence-corrected chi connectivity index (χ4v) is 3.99. The summed E-state index contributed by atoms with van der Waals surface area (Å²) in [7, 11) is 0. The first kappa shape index (κ1) is 22.0. The van der Waals surface area contributed by atoms with Crippen molar-refractivity contribution in [1.29, 1.82) is 0 Å². The van der Waals surface area contributed by atoms with Gasteiger partial charge in [-0.1, -0.05) is 15.9 Å². The number of halogens is 2. The van der Waals surface area contributed by atoms with Gasteiger partial charge in [-0.3, -0.25) is 4.99 Å². The van der Waals surface area contributed by atoms with Gasteiger partial charge in [0.15, 0.2) is 5.79 Å². The second-order valence-electron chi connectivity index (χ2n) is 8.24. The molecule has 1 aromatic heterocycles. The second-order valence-corrected chi connectivity index (χ2v) is 9.15. The Hall–Kier alpha value is -2.16. The van der Waals surface area contributed by atoms with E-state index in [-0.39, 0.29) is 17.8 Å². The number of benzene rings is 1. The molecule has 3 heterocycles. The number of pyridine rings is 1. The lowest BCUT2D eigenvalue weighted by Gasteiger charge is -2.32. The van der Waals surface area contributed by atoms with E-state index < -0.39 is 11.5 Å². The normalized spacial score (nSPS) is 25.3. The van der Waals surface area contributed by atoms with E-state index >= 15 is 4.39 Å². The van der Waals surface area contributed by atoms with Gasteiger partial charge >= 0.3 is 0 Å². The highest BCUT2D eigenvalue weighted by atomic mass is 79.9. The van der Waals surface area contributed by atoms with Crippen LogP contribution in [-0.4, -0.2) is 36.3 Å². The smallest absolute Gasteiger partial charge is 0.219 e. The number of rotatable bonds is 7. The molecule has 0 radical (unpaired) electrons. The summed E-state index contributed by atoms with van der Waals surface area (Å²) in [5.41, 5.74) is -0.918. The molecule has 3 atom stereocenters. The molecule has 31 heavy (non-hydrogen) atoms. The van der Waals surface area contributed by atoms with Gasteiger partial charge in [0.25, 0.3) is 0 Å². The van der Waals surface area contributed by atoms with Crippen LogP contribution >= 0.6 is 15.9 Å². The first-order chi connectivity index (χ1) is 14.7. The summed E-state index contributed by atoms with van der Waals surface area (Å²) < 4.78 is 34.5. The van der Waals surface area contributed by atoms with E-state index in [1.807, 2.05) is 31.2 Å². The van der Waals surface area contributed by atoms with Crippen LogP contribution in [0.1, 0.15) is 44.9 Å². The summed E-state index contributed by atoms with van der Waals surface area (Å²) in [4.78, 5) is 12.9. The number of nitrogens with zero attached hydrogens (tertiary/aromatic N) is 3. The van der Waals surface area contributed by atoms with E-state index in [0.29, 0.717) is 36.6 Å². The highest BCUT2D eigenvalue weighted by Gasteiger charge is 2.46.